The van der Waals surface area contributed by atoms with E-state index in [4.69, 9.17) is 4.74 Å². The first-order valence-corrected chi connectivity index (χ1v) is 7.07. The highest BCUT2D eigenvalue weighted by atomic mass is 79.9. The average Bonchev–Trinajstić information content (AvgIpc) is 2.54. The Bertz CT molecular complexity index is 449. The van der Waals surface area contributed by atoms with E-state index in [9.17, 15) is 4.79 Å². The van der Waals surface area contributed by atoms with Crippen LogP contribution in [-0.2, 0) is 11.8 Å². The van der Waals surface area contributed by atoms with Gasteiger partial charge in [0, 0.05) is 7.05 Å². The number of ether oxygens (including phenoxy) is 1. The summed E-state index contributed by atoms with van der Waals surface area (Å²) in [7, 11) is 1.90. The number of hydrogen-bond donors (Lipinski definition) is 1. The molecule has 1 N–H and O–H groups in total. The standard InChI is InChI=1S/C13H22BrN3O2/c1-8(2)10(11-15-7-9(14)17(11)6)16-12(18)19-13(3,4)5/h7-8,10H,1-6H3,(H,16,18)/t10-/m0/s1. The number of nitrogens with one attached hydrogen (secondary N) is 1. The number of amides is 1. The van der Waals surface area contributed by atoms with E-state index in [0.29, 0.717) is 0 Å². The van der Waals surface area contributed by atoms with Gasteiger partial charge in [-0.25, -0.2) is 9.78 Å². The number of halogens is 1. The van der Waals surface area contributed by atoms with Gasteiger partial charge in [0.2, 0.25) is 0 Å². The normalized spacial score (nSPS) is 13.5. The fourth-order valence-electron chi connectivity index (χ4n) is 1.65. The highest BCUT2D eigenvalue weighted by Gasteiger charge is 2.25. The van der Waals surface area contributed by atoms with Crippen LogP contribution >= 0.6 is 15.9 Å². The summed E-state index contributed by atoms with van der Waals surface area (Å²) in [6.45, 7) is 9.59. The second-order valence-electron chi connectivity index (χ2n) is 5.87. The van der Waals surface area contributed by atoms with Crippen molar-refractivity contribution in [1.29, 1.82) is 0 Å². The van der Waals surface area contributed by atoms with E-state index in [0.717, 1.165) is 10.4 Å². The zero-order chi connectivity index (χ0) is 14.8. The molecule has 6 heteroatoms. The van der Waals surface area contributed by atoms with Crippen molar-refractivity contribution in [1.82, 2.24) is 14.9 Å². The van der Waals surface area contributed by atoms with Gasteiger partial charge in [-0.2, -0.15) is 0 Å². The van der Waals surface area contributed by atoms with Crippen molar-refractivity contribution in [3.05, 3.63) is 16.6 Å². The summed E-state index contributed by atoms with van der Waals surface area (Å²) in [5, 5.41) is 2.88. The van der Waals surface area contributed by atoms with Gasteiger partial charge in [0.15, 0.2) is 0 Å². The molecular weight excluding hydrogens is 310 g/mol. The SMILES string of the molecule is CC(C)[C@H](NC(=O)OC(C)(C)C)c1ncc(Br)n1C. The number of nitrogens with zero attached hydrogens (tertiary/aromatic N) is 2. The van der Waals surface area contributed by atoms with E-state index in [1.54, 1.807) is 6.20 Å². The zero-order valence-electron chi connectivity index (χ0n) is 12.3. The third kappa shape index (κ3) is 4.53. The molecule has 108 valence electrons. The number of rotatable bonds is 3. The molecule has 0 saturated carbocycles. The number of hydrogen-bond acceptors (Lipinski definition) is 3. The van der Waals surface area contributed by atoms with Crippen molar-refractivity contribution < 1.29 is 9.53 Å². The van der Waals surface area contributed by atoms with E-state index in [2.05, 4.69) is 26.2 Å². The molecule has 0 radical (unpaired) electrons. The van der Waals surface area contributed by atoms with Crippen molar-refractivity contribution in [2.45, 2.75) is 46.3 Å². The Morgan fingerprint density at radius 3 is 2.42 bits per heavy atom. The van der Waals surface area contributed by atoms with Crippen LogP contribution in [0.2, 0.25) is 0 Å². The fraction of sp³-hybridized carbons (Fsp3) is 0.692. The molecule has 0 bridgehead atoms. The van der Waals surface area contributed by atoms with Crippen LogP contribution in [0.3, 0.4) is 0 Å². The molecule has 1 aromatic rings. The zero-order valence-corrected chi connectivity index (χ0v) is 13.9. The lowest BCUT2D eigenvalue weighted by Crippen LogP contribution is -2.37. The summed E-state index contributed by atoms with van der Waals surface area (Å²) >= 11 is 3.41. The summed E-state index contributed by atoms with van der Waals surface area (Å²) in [5.41, 5.74) is -0.506. The molecule has 0 fully saturated rings. The first-order chi connectivity index (χ1) is 8.61. The number of imidazole rings is 1. The molecule has 1 aromatic heterocycles. The Morgan fingerprint density at radius 2 is 2.05 bits per heavy atom. The molecule has 0 aliphatic heterocycles. The average molecular weight is 332 g/mol. The number of carbonyl (C=O) groups excluding carboxylic acids is 1. The lowest BCUT2D eigenvalue weighted by Gasteiger charge is -2.25. The van der Waals surface area contributed by atoms with Crippen LogP contribution in [0.15, 0.2) is 10.8 Å². The Morgan fingerprint density at radius 1 is 1.47 bits per heavy atom. The minimum absolute atomic E-state index is 0.189. The minimum Gasteiger partial charge on any atom is -0.444 e. The Balaban J connectivity index is 2.86. The quantitative estimate of drug-likeness (QED) is 0.923. The molecular formula is C13H22BrN3O2. The van der Waals surface area contributed by atoms with E-state index < -0.39 is 11.7 Å². The highest BCUT2D eigenvalue weighted by molar-refractivity contribution is 9.10. The predicted octanol–water partition coefficient (Wildman–Crippen LogP) is 3.40. The monoisotopic (exact) mass is 331 g/mol. The van der Waals surface area contributed by atoms with E-state index >= 15 is 0 Å². The predicted molar refractivity (Wildman–Crippen MR) is 77.9 cm³/mol. The van der Waals surface area contributed by atoms with Gasteiger partial charge in [0.1, 0.15) is 16.0 Å². The summed E-state index contributed by atoms with van der Waals surface area (Å²) in [6, 6.07) is -0.189. The topological polar surface area (TPSA) is 56.1 Å². The van der Waals surface area contributed by atoms with Crippen LogP contribution in [0.4, 0.5) is 4.79 Å². The molecule has 0 saturated heterocycles. The molecule has 1 rings (SSSR count). The first kappa shape index (κ1) is 16.0. The van der Waals surface area contributed by atoms with Gasteiger partial charge in [-0.15, -0.1) is 0 Å². The van der Waals surface area contributed by atoms with Gasteiger partial charge in [-0.05, 0) is 42.6 Å². The van der Waals surface area contributed by atoms with Gasteiger partial charge in [0.05, 0.1) is 12.2 Å². The van der Waals surface area contributed by atoms with Crippen LogP contribution in [0.5, 0.6) is 0 Å². The molecule has 5 nitrogen and oxygen atoms in total. The smallest absolute Gasteiger partial charge is 0.408 e. The number of aromatic nitrogens is 2. The second-order valence-corrected chi connectivity index (χ2v) is 6.68. The van der Waals surface area contributed by atoms with Gasteiger partial charge in [-0.3, -0.25) is 0 Å². The summed E-state index contributed by atoms with van der Waals surface area (Å²) < 4.78 is 8.07. The van der Waals surface area contributed by atoms with Crippen molar-refractivity contribution in [2.75, 3.05) is 0 Å². The number of alkyl carbamates (subject to hydrolysis) is 1. The third-order valence-electron chi connectivity index (χ3n) is 2.58. The van der Waals surface area contributed by atoms with E-state index in [-0.39, 0.29) is 12.0 Å². The molecule has 0 aliphatic carbocycles. The van der Waals surface area contributed by atoms with Gasteiger partial charge in [-0.1, -0.05) is 13.8 Å². The van der Waals surface area contributed by atoms with Crippen molar-refractivity contribution in [3.8, 4) is 0 Å². The third-order valence-corrected chi connectivity index (χ3v) is 3.32. The van der Waals surface area contributed by atoms with Crippen molar-refractivity contribution >= 4 is 22.0 Å². The van der Waals surface area contributed by atoms with Crippen LogP contribution in [0, 0.1) is 5.92 Å². The molecule has 1 heterocycles. The fourth-order valence-corrected chi connectivity index (χ4v) is 1.94. The maximum Gasteiger partial charge on any atom is 0.408 e. The van der Waals surface area contributed by atoms with Crippen LogP contribution in [0.25, 0.3) is 0 Å². The molecule has 1 amide bonds. The second kappa shape index (κ2) is 5.94. The van der Waals surface area contributed by atoms with Crippen LogP contribution < -0.4 is 5.32 Å². The van der Waals surface area contributed by atoms with Gasteiger partial charge >= 0.3 is 6.09 Å². The molecule has 0 unspecified atom stereocenters. The Labute approximate surface area is 122 Å². The first-order valence-electron chi connectivity index (χ1n) is 6.28. The lowest BCUT2D eigenvalue weighted by molar-refractivity contribution is 0.0485. The number of carbonyl (C=O) groups is 1. The molecule has 0 aliphatic rings. The molecule has 19 heavy (non-hydrogen) atoms. The van der Waals surface area contributed by atoms with E-state index in [1.807, 2.05) is 46.2 Å². The van der Waals surface area contributed by atoms with Crippen molar-refractivity contribution in [3.63, 3.8) is 0 Å². The van der Waals surface area contributed by atoms with Gasteiger partial charge < -0.3 is 14.6 Å². The Kier molecular flexibility index (Phi) is 5.01. The summed E-state index contributed by atoms with van der Waals surface area (Å²) in [5.74, 6) is 1.01. The molecule has 0 aromatic carbocycles. The lowest BCUT2D eigenvalue weighted by atomic mass is 10.0. The largest absolute Gasteiger partial charge is 0.444 e. The maximum absolute atomic E-state index is 11.9. The summed E-state index contributed by atoms with van der Waals surface area (Å²) in [6.07, 6.45) is 1.30. The highest BCUT2D eigenvalue weighted by Crippen LogP contribution is 2.23. The van der Waals surface area contributed by atoms with Crippen LogP contribution in [-0.4, -0.2) is 21.2 Å². The van der Waals surface area contributed by atoms with Crippen LogP contribution in [0.1, 0.15) is 46.5 Å². The Hall–Kier alpha value is -1.04. The minimum atomic E-state index is -0.506. The van der Waals surface area contributed by atoms with Gasteiger partial charge in [0.25, 0.3) is 0 Å². The van der Waals surface area contributed by atoms with Crippen molar-refractivity contribution in [2.24, 2.45) is 13.0 Å². The summed E-state index contributed by atoms with van der Waals surface area (Å²) in [4.78, 5) is 16.2. The maximum atomic E-state index is 11.9. The van der Waals surface area contributed by atoms with E-state index in [1.165, 1.54) is 0 Å². The molecule has 0 spiro atoms. The molecule has 1 atom stereocenters.